The highest BCUT2D eigenvalue weighted by molar-refractivity contribution is 5.85. The molecule has 0 unspecified atom stereocenters. The Kier molecular flexibility index (Phi) is 9.45. The minimum atomic E-state index is -0.915. The number of carbonyl (C=O) groups excluding carboxylic acids is 2. The number of carbonyl (C=O) groups is 2. The number of ether oxygens (including phenoxy) is 6. The van der Waals surface area contributed by atoms with Crippen LogP contribution in [-0.2, 0) is 27.1 Å². The predicted molar refractivity (Wildman–Crippen MR) is 181 cm³/mol. The number of phenolic OH excluding ortho intramolecular Hbond substituents is 1. The third kappa shape index (κ3) is 5.91. The number of piperazine rings is 1. The molecule has 270 valence electrons. The molecule has 4 heterocycles. The first-order valence-electron chi connectivity index (χ1n) is 16.8. The lowest BCUT2D eigenvalue weighted by atomic mass is 9.71. The van der Waals surface area contributed by atoms with E-state index in [0.29, 0.717) is 52.5 Å². The van der Waals surface area contributed by atoms with E-state index in [1.165, 1.54) is 0 Å². The Balaban J connectivity index is 1.46. The van der Waals surface area contributed by atoms with Crippen LogP contribution in [0.4, 0.5) is 4.79 Å². The van der Waals surface area contributed by atoms with Crippen molar-refractivity contribution in [3.05, 3.63) is 39.4 Å². The number of amides is 2. The van der Waals surface area contributed by atoms with Gasteiger partial charge in [0.25, 0.3) is 0 Å². The maximum Gasteiger partial charge on any atom is 0.408 e. The standard InChI is InChI=1S/C36H47N5O9/c1-17-10-20-11-22-24(13-37)41-23(28(40(22)7)26(20)32(30(17)46-9)47-15-45-8)12-21-27(33-31(48-16-49-33)18(2)29(21)42)25(41)14-38-34(43)19(3)39-35(44)50-36(4,5)6/h10,19,22-25,28,42H,11-12,14-16H2,1-9H3,(H,38,43)(H,39,44)/t19-,22+,23-,24-,25-,28+/m0/s1. The first kappa shape index (κ1) is 35.4. The van der Waals surface area contributed by atoms with Crippen molar-refractivity contribution < 1.29 is 43.1 Å². The van der Waals surface area contributed by atoms with Gasteiger partial charge in [0.2, 0.25) is 12.7 Å². The third-order valence-electron chi connectivity index (χ3n) is 10.2. The molecule has 0 aromatic heterocycles. The van der Waals surface area contributed by atoms with Gasteiger partial charge in [-0.05, 0) is 72.6 Å². The van der Waals surface area contributed by atoms with Crippen LogP contribution >= 0.6 is 0 Å². The Morgan fingerprint density at radius 3 is 2.50 bits per heavy atom. The molecular weight excluding hydrogens is 646 g/mol. The number of rotatable bonds is 8. The molecule has 2 aromatic rings. The molecule has 0 radical (unpaired) electrons. The summed E-state index contributed by atoms with van der Waals surface area (Å²) < 4.78 is 34.7. The summed E-state index contributed by atoms with van der Waals surface area (Å²) in [6.07, 6.45) is 0.232. The number of fused-ring (bicyclic) bond motifs is 9. The Bertz CT molecular complexity index is 1730. The van der Waals surface area contributed by atoms with E-state index >= 15 is 0 Å². The van der Waals surface area contributed by atoms with E-state index in [1.54, 1.807) is 48.8 Å². The Morgan fingerprint density at radius 1 is 1.12 bits per heavy atom. The molecule has 4 aliphatic rings. The van der Waals surface area contributed by atoms with E-state index in [2.05, 4.69) is 32.6 Å². The first-order valence-corrected chi connectivity index (χ1v) is 16.8. The third-order valence-corrected chi connectivity index (χ3v) is 10.2. The maximum absolute atomic E-state index is 13.5. The van der Waals surface area contributed by atoms with Crippen molar-refractivity contribution in [3.63, 3.8) is 0 Å². The molecule has 6 atom stereocenters. The van der Waals surface area contributed by atoms with Gasteiger partial charge in [0, 0.05) is 48.0 Å². The molecule has 0 aliphatic carbocycles. The van der Waals surface area contributed by atoms with E-state index in [0.717, 1.165) is 16.7 Å². The molecule has 14 heteroatoms. The highest BCUT2D eigenvalue weighted by Crippen LogP contribution is 2.58. The van der Waals surface area contributed by atoms with Crippen molar-refractivity contribution in [1.29, 1.82) is 5.26 Å². The van der Waals surface area contributed by atoms with Gasteiger partial charge < -0.3 is 44.2 Å². The number of hydrogen-bond acceptors (Lipinski definition) is 12. The second kappa shape index (κ2) is 13.4. The smallest absolute Gasteiger partial charge is 0.408 e. The number of benzene rings is 2. The lowest BCUT2D eigenvalue weighted by Gasteiger charge is -2.60. The average molecular weight is 694 g/mol. The van der Waals surface area contributed by atoms with Crippen molar-refractivity contribution in [1.82, 2.24) is 20.4 Å². The molecule has 14 nitrogen and oxygen atoms in total. The molecule has 6 rings (SSSR count). The van der Waals surface area contributed by atoms with E-state index < -0.39 is 35.7 Å². The van der Waals surface area contributed by atoms with E-state index in [4.69, 9.17) is 28.4 Å². The summed E-state index contributed by atoms with van der Waals surface area (Å²) in [6, 6.07) is 1.73. The highest BCUT2D eigenvalue weighted by atomic mass is 16.7. The van der Waals surface area contributed by atoms with Crippen molar-refractivity contribution >= 4 is 12.0 Å². The van der Waals surface area contributed by atoms with Crippen LogP contribution in [0.25, 0.3) is 0 Å². The van der Waals surface area contributed by atoms with E-state index in [1.807, 2.05) is 14.0 Å². The van der Waals surface area contributed by atoms with Crippen molar-refractivity contribution in [2.24, 2.45) is 0 Å². The molecular formula is C36H47N5O9. The van der Waals surface area contributed by atoms with Crippen LogP contribution in [0.2, 0.25) is 0 Å². The first-order chi connectivity index (χ1) is 23.7. The molecule has 2 aromatic carbocycles. The minimum absolute atomic E-state index is 0.0117. The molecule has 0 saturated carbocycles. The lowest BCUT2D eigenvalue weighted by molar-refractivity contribution is -0.123. The number of aromatic hydroxyl groups is 1. The Morgan fingerprint density at radius 2 is 1.84 bits per heavy atom. The molecule has 0 spiro atoms. The maximum atomic E-state index is 13.5. The molecule has 4 aliphatic heterocycles. The van der Waals surface area contributed by atoms with Gasteiger partial charge in [-0.2, -0.15) is 5.26 Å². The molecule has 2 amide bonds. The van der Waals surface area contributed by atoms with Crippen molar-refractivity contribution in [2.75, 3.05) is 41.4 Å². The number of hydrogen-bond donors (Lipinski definition) is 3. The number of aryl methyl sites for hydroxylation is 1. The van der Waals surface area contributed by atoms with Crippen LogP contribution in [-0.4, -0.2) is 98.1 Å². The summed E-state index contributed by atoms with van der Waals surface area (Å²) in [5.74, 6) is 1.78. The molecule has 1 fully saturated rings. The van der Waals surface area contributed by atoms with Gasteiger partial charge in [0.05, 0.1) is 25.3 Å². The fourth-order valence-electron chi connectivity index (χ4n) is 8.18. The van der Waals surface area contributed by atoms with Crippen LogP contribution in [0.15, 0.2) is 6.07 Å². The highest BCUT2D eigenvalue weighted by Gasteiger charge is 2.57. The van der Waals surface area contributed by atoms with Gasteiger partial charge in [-0.1, -0.05) is 6.07 Å². The summed E-state index contributed by atoms with van der Waals surface area (Å²) in [4.78, 5) is 30.4. The summed E-state index contributed by atoms with van der Waals surface area (Å²) >= 11 is 0. The number of nitrogens with zero attached hydrogens (tertiary/aromatic N) is 3. The number of likely N-dealkylation sites (N-methyl/N-ethyl adjacent to an activating group) is 1. The van der Waals surface area contributed by atoms with Gasteiger partial charge in [-0.25, -0.2) is 4.79 Å². The topological polar surface area (TPSA) is 164 Å². The van der Waals surface area contributed by atoms with Crippen molar-refractivity contribution in [2.45, 2.75) is 96.2 Å². The predicted octanol–water partition coefficient (Wildman–Crippen LogP) is 3.53. The van der Waals surface area contributed by atoms with Crippen LogP contribution in [0.5, 0.6) is 28.7 Å². The Labute approximate surface area is 292 Å². The van der Waals surface area contributed by atoms with Crippen LogP contribution in [0.3, 0.4) is 0 Å². The van der Waals surface area contributed by atoms with Gasteiger partial charge in [0.1, 0.15) is 23.4 Å². The Hall–Kier alpha value is -4.45. The number of methoxy groups -OCH3 is 2. The largest absolute Gasteiger partial charge is 0.507 e. The van der Waals surface area contributed by atoms with Crippen molar-refractivity contribution in [3.8, 4) is 34.8 Å². The number of nitriles is 1. The van der Waals surface area contributed by atoms with E-state index in [-0.39, 0.29) is 44.0 Å². The van der Waals surface area contributed by atoms with Crippen LogP contribution < -0.4 is 29.6 Å². The number of phenols is 1. The zero-order chi connectivity index (χ0) is 36.2. The molecule has 1 saturated heterocycles. The number of nitrogens with one attached hydrogen (secondary N) is 2. The zero-order valence-corrected chi connectivity index (χ0v) is 30.1. The van der Waals surface area contributed by atoms with Gasteiger partial charge in [-0.15, -0.1) is 0 Å². The summed E-state index contributed by atoms with van der Waals surface area (Å²) in [7, 11) is 5.20. The fourth-order valence-corrected chi connectivity index (χ4v) is 8.18. The average Bonchev–Trinajstić information content (AvgIpc) is 3.54. The normalized spacial score (nSPS) is 24.2. The summed E-state index contributed by atoms with van der Waals surface area (Å²) in [5, 5.41) is 28.2. The van der Waals surface area contributed by atoms with E-state index in [9.17, 15) is 20.0 Å². The summed E-state index contributed by atoms with van der Waals surface area (Å²) in [5.41, 5.74) is 4.08. The second-order valence-electron chi connectivity index (χ2n) is 14.4. The molecule has 50 heavy (non-hydrogen) atoms. The van der Waals surface area contributed by atoms with Crippen LogP contribution in [0.1, 0.15) is 73.2 Å². The molecule has 3 N–H and O–H groups in total. The molecule has 2 bridgehead atoms. The SMILES string of the molecule is COCOc1c(OC)c(C)cc2c1[C@H]1[C@@H]3Cc4c(O)c(C)c5c(c4[C@H](CNC(=O)[C@H](C)NC(=O)OC(C)(C)C)N3[C@@H](C#N)[C@@H](C2)N1C)OCO5. The quantitative estimate of drug-likeness (QED) is 0.345. The van der Waals surface area contributed by atoms with Crippen LogP contribution in [0, 0.1) is 25.2 Å². The number of alkyl carbamates (subject to hydrolysis) is 1. The van der Waals surface area contributed by atoms with Gasteiger partial charge in [0.15, 0.2) is 29.8 Å². The minimum Gasteiger partial charge on any atom is -0.507 e. The summed E-state index contributed by atoms with van der Waals surface area (Å²) in [6.45, 7) is 10.6. The fraction of sp³-hybridized carbons (Fsp3) is 0.583. The second-order valence-corrected chi connectivity index (χ2v) is 14.4. The van der Waals surface area contributed by atoms with Gasteiger partial charge in [-0.3, -0.25) is 14.6 Å². The monoisotopic (exact) mass is 693 g/mol. The lowest BCUT2D eigenvalue weighted by Crippen LogP contribution is -2.69. The zero-order valence-electron chi connectivity index (χ0n) is 30.1. The van der Waals surface area contributed by atoms with Gasteiger partial charge >= 0.3 is 6.09 Å².